The van der Waals surface area contributed by atoms with Gasteiger partial charge in [-0.1, -0.05) is 110 Å². The zero-order chi connectivity index (χ0) is 17.4. The molecule has 0 aliphatic rings. The molecule has 0 aliphatic carbocycles. The minimum atomic E-state index is 0.373. The molecule has 0 aromatic rings. The van der Waals surface area contributed by atoms with E-state index in [2.05, 4.69) is 6.92 Å². The van der Waals surface area contributed by atoms with Crippen molar-refractivity contribution in [1.82, 2.24) is 5.48 Å². The zero-order valence-electron chi connectivity index (χ0n) is 16.1. The molecule has 0 fully saturated rings. The molecular weight excluding hydrogens is 286 g/mol. The van der Waals surface area contributed by atoms with E-state index >= 15 is 0 Å². The maximum atomic E-state index is 8.67. The number of hydrogen-bond donors (Lipinski definition) is 3. The Morgan fingerprint density at radius 1 is 0.522 bits per heavy atom. The van der Waals surface area contributed by atoms with E-state index in [1.807, 2.05) is 12.4 Å². The normalized spacial score (nSPS) is 10.4. The highest BCUT2D eigenvalue weighted by Gasteiger charge is 1.94. The molecule has 0 bridgehead atoms. The second-order valence-electron chi connectivity index (χ2n) is 6.54. The van der Waals surface area contributed by atoms with E-state index in [1.54, 1.807) is 0 Å². The van der Waals surface area contributed by atoms with Crippen LogP contribution in [0.1, 0.15) is 117 Å². The van der Waals surface area contributed by atoms with E-state index in [1.165, 1.54) is 96.3 Å². The van der Waals surface area contributed by atoms with E-state index in [0.717, 1.165) is 6.42 Å². The quantitative estimate of drug-likeness (QED) is 0.219. The Balaban J connectivity index is 0. The predicted octanol–water partition coefficient (Wildman–Crippen LogP) is 6.23. The first-order valence-electron chi connectivity index (χ1n) is 10.3. The summed E-state index contributed by atoms with van der Waals surface area (Å²) in [5, 5.41) is 16.3. The number of unbranched alkanes of at least 4 members (excludes halogenated alkanes) is 15. The van der Waals surface area contributed by atoms with Crippen molar-refractivity contribution < 1.29 is 10.3 Å². The van der Waals surface area contributed by atoms with Crippen LogP contribution in [0.4, 0.5) is 0 Å². The van der Waals surface area contributed by atoms with E-state index in [-0.39, 0.29) is 0 Å². The summed E-state index contributed by atoms with van der Waals surface area (Å²) in [6.45, 7) is 5.10. The second-order valence-corrected chi connectivity index (χ2v) is 6.54. The van der Waals surface area contributed by atoms with Gasteiger partial charge in [0.25, 0.3) is 0 Å². The van der Waals surface area contributed by atoms with E-state index in [9.17, 15) is 0 Å². The SMILES string of the molecule is CCCCCCCCCCCCCCCCCCO.CCNO. The molecule has 0 aliphatic heterocycles. The molecule has 0 radical (unpaired) electrons. The Kier molecular flexibility index (Phi) is 29.2. The molecule has 0 rings (SSSR count). The van der Waals surface area contributed by atoms with Crippen molar-refractivity contribution in [1.29, 1.82) is 0 Å². The number of rotatable bonds is 17. The van der Waals surface area contributed by atoms with Crippen LogP contribution in [0.5, 0.6) is 0 Å². The smallest absolute Gasteiger partial charge is 0.0431 e. The monoisotopic (exact) mass is 331 g/mol. The lowest BCUT2D eigenvalue weighted by molar-refractivity contribution is 0.173. The van der Waals surface area contributed by atoms with Crippen LogP contribution < -0.4 is 5.48 Å². The van der Waals surface area contributed by atoms with E-state index in [4.69, 9.17) is 10.3 Å². The first-order chi connectivity index (χ1) is 11.3. The highest BCUT2D eigenvalue weighted by Crippen LogP contribution is 2.13. The van der Waals surface area contributed by atoms with Crippen LogP contribution in [0.15, 0.2) is 0 Å². The van der Waals surface area contributed by atoms with Crippen molar-refractivity contribution >= 4 is 0 Å². The zero-order valence-corrected chi connectivity index (χ0v) is 16.1. The molecule has 0 amide bonds. The summed E-state index contributed by atoms with van der Waals surface area (Å²) in [5.41, 5.74) is 1.93. The fourth-order valence-corrected chi connectivity index (χ4v) is 2.66. The van der Waals surface area contributed by atoms with Crippen LogP contribution in [0, 0.1) is 0 Å². The van der Waals surface area contributed by atoms with Gasteiger partial charge in [-0.05, 0) is 6.42 Å². The summed E-state index contributed by atoms with van der Waals surface area (Å²) < 4.78 is 0. The van der Waals surface area contributed by atoms with Gasteiger partial charge in [0, 0.05) is 13.2 Å². The van der Waals surface area contributed by atoms with Crippen LogP contribution in [-0.4, -0.2) is 23.5 Å². The molecule has 0 unspecified atom stereocenters. The number of hydroxylamine groups is 1. The van der Waals surface area contributed by atoms with Gasteiger partial charge in [-0.3, -0.25) is 0 Å². The highest BCUT2D eigenvalue weighted by molar-refractivity contribution is 4.49. The van der Waals surface area contributed by atoms with Gasteiger partial charge in [0.15, 0.2) is 0 Å². The Hall–Kier alpha value is -0.120. The lowest BCUT2D eigenvalue weighted by atomic mass is 10.0. The molecular formula is C20H45NO2. The third-order valence-electron chi connectivity index (χ3n) is 4.17. The predicted molar refractivity (Wildman–Crippen MR) is 102 cm³/mol. The molecule has 3 nitrogen and oxygen atoms in total. The standard InChI is InChI=1S/C18H38O.C2H7NO/c1-2-3-4-5-6-7-8-9-10-11-12-13-14-15-16-17-18-19;1-2-3-4/h19H,2-18H2,1H3;3-4H,2H2,1H3. The molecule has 0 atom stereocenters. The molecule has 142 valence electrons. The molecule has 23 heavy (non-hydrogen) atoms. The molecule has 0 saturated heterocycles. The van der Waals surface area contributed by atoms with Crippen molar-refractivity contribution in [2.24, 2.45) is 0 Å². The molecule has 3 heteroatoms. The summed E-state index contributed by atoms with van der Waals surface area (Å²) in [4.78, 5) is 0. The minimum absolute atomic E-state index is 0.373. The third-order valence-corrected chi connectivity index (χ3v) is 4.17. The van der Waals surface area contributed by atoms with Crippen molar-refractivity contribution in [3.05, 3.63) is 0 Å². The Morgan fingerprint density at radius 2 is 0.783 bits per heavy atom. The van der Waals surface area contributed by atoms with Gasteiger partial charge >= 0.3 is 0 Å². The fraction of sp³-hybridized carbons (Fsp3) is 1.00. The third kappa shape index (κ3) is 30.3. The van der Waals surface area contributed by atoms with Crippen molar-refractivity contribution in [2.75, 3.05) is 13.2 Å². The lowest BCUT2D eigenvalue weighted by Crippen LogP contribution is -2.02. The van der Waals surface area contributed by atoms with Gasteiger partial charge in [0.2, 0.25) is 0 Å². The molecule has 0 heterocycles. The Labute approximate surface area is 146 Å². The Bertz CT molecular complexity index is 159. The van der Waals surface area contributed by atoms with Gasteiger partial charge in [0.05, 0.1) is 0 Å². The van der Waals surface area contributed by atoms with Crippen LogP contribution in [0.2, 0.25) is 0 Å². The summed E-state index contributed by atoms with van der Waals surface area (Å²) in [6, 6.07) is 0. The molecule has 0 aromatic carbocycles. The first-order valence-corrected chi connectivity index (χ1v) is 10.3. The topological polar surface area (TPSA) is 52.5 Å². The number of aliphatic hydroxyl groups excluding tert-OH is 1. The second kappa shape index (κ2) is 26.8. The summed E-state index contributed by atoms with van der Waals surface area (Å²) in [7, 11) is 0. The van der Waals surface area contributed by atoms with Crippen molar-refractivity contribution in [3.8, 4) is 0 Å². The molecule has 0 aromatic heterocycles. The molecule has 3 N–H and O–H groups in total. The highest BCUT2D eigenvalue weighted by atomic mass is 16.5. The van der Waals surface area contributed by atoms with Gasteiger partial charge in [-0.2, -0.15) is 0 Å². The number of hydrogen-bond acceptors (Lipinski definition) is 3. The first kappa shape index (κ1) is 25.1. The lowest BCUT2D eigenvalue weighted by Gasteiger charge is -2.03. The largest absolute Gasteiger partial charge is 0.396 e. The minimum Gasteiger partial charge on any atom is -0.396 e. The van der Waals surface area contributed by atoms with Crippen molar-refractivity contribution in [2.45, 2.75) is 117 Å². The summed E-state index contributed by atoms with van der Waals surface area (Å²) >= 11 is 0. The van der Waals surface area contributed by atoms with Gasteiger partial charge < -0.3 is 10.3 Å². The van der Waals surface area contributed by atoms with Crippen LogP contribution in [0.3, 0.4) is 0 Å². The summed E-state index contributed by atoms with van der Waals surface area (Å²) in [5.74, 6) is 0. The number of aliphatic hydroxyl groups is 1. The van der Waals surface area contributed by atoms with Crippen LogP contribution in [0.25, 0.3) is 0 Å². The molecule has 0 saturated carbocycles. The van der Waals surface area contributed by atoms with Crippen molar-refractivity contribution in [3.63, 3.8) is 0 Å². The molecule has 0 spiro atoms. The number of nitrogens with one attached hydrogen (secondary N) is 1. The fourth-order valence-electron chi connectivity index (χ4n) is 2.66. The van der Waals surface area contributed by atoms with Gasteiger partial charge in [-0.15, -0.1) is 0 Å². The summed E-state index contributed by atoms with van der Waals surface area (Å²) in [6.07, 6.45) is 22.2. The maximum Gasteiger partial charge on any atom is 0.0431 e. The average molecular weight is 332 g/mol. The van der Waals surface area contributed by atoms with Crippen LogP contribution >= 0.6 is 0 Å². The van der Waals surface area contributed by atoms with Crippen LogP contribution in [-0.2, 0) is 0 Å². The van der Waals surface area contributed by atoms with E-state index < -0.39 is 0 Å². The Morgan fingerprint density at radius 3 is 1.00 bits per heavy atom. The van der Waals surface area contributed by atoms with Gasteiger partial charge in [0.1, 0.15) is 0 Å². The van der Waals surface area contributed by atoms with Gasteiger partial charge in [-0.25, -0.2) is 5.48 Å². The van der Waals surface area contributed by atoms with E-state index in [0.29, 0.717) is 13.2 Å². The maximum absolute atomic E-state index is 8.67. The average Bonchev–Trinajstić information content (AvgIpc) is 2.58.